The summed E-state index contributed by atoms with van der Waals surface area (Å²) in [5, 5.41) is 0. The molecule has 0 radical (unpaired) electrons. The summed E-state index contributed by atoms with van der Waals surface area (Å²) in [6, 6.07) is 15.2. The molecule has 3 nitrogen and oxygen atoms in total. The first-order valence-corrected chi connectivity index (χ1v) is 7.24. The highest BCUT2D eigenvalue weighted by Gasteiger charge is 2.38. The van der Waals surface area contributed by atoms with Crippen molar-refractivity contribution >= 4 is 21.7 Å². The molecule has 0 spiro atoms. The molecule has 0 atom stereocenters. The van der Waals surface area contributed by atoms with Crippen LogP contribution < -0.4 is 0 Å². The smallest absolute Gasteiger partial charge is 0.211 e. The van der Waals surface area contributed by atoms with Gasteiger partial charge < -0.3 is 0 Å². The number of allylic oxidation sites excluding steroid dienone is 1. The van der Waals surface area contributed by atoms with Gasteiger partial charge in [0, 0.05) is 5.56 Å². The van der Waals surface area contributed by atoms with Gasteiger partial charge in [0.05, 0.1) is 4.90 Å². The zero-order valence-corrected chi connectivity index (χ0v) is 10.7. The minimum Gasteiger partial charge on any atom is -0.288 e. The van der Waals surface area contributed by atoms with Gasteiger partial charge in [-0.1, -0.05) is 42.5 Å². The number of sulfone groups is 1. The number of ketones is 1. The molecule has 2 aromatic carbocycles. The largest absolute Gasteiger partial charge is 0.288 e. The van der Waals surface area contributed by atoms with Crippen LogP contribution >= 0.6 is 0 Å². The van der Waals surface area contributed by atoms with E-state index in [-0.39, 0.29) is 15.4 Å². The first kappa shape index (κ1) is 11.9. The second-order valence-electron chi connectivity index (χ2n) is 4.25. The van der Waals surface area contributed by atoms with Crippen molar-refractivity contribution in [2.45, 2.75) is 4.90 Å². The van der Waals surface area contributed by atoms with Crippen LogP contribution in [-0.2, 0) is 9.84 Å². The van der Waals surface area contributed by atoms with Crippen molar-refractivity contribution in [2.24, 2.45) is 0 Å². The first-order valence-electron chi connectivity index (χ1n) is 5.76. The Balaban J connectivity index is 2.22. The molecule has 0 fully saturated rings. The van der Waals surface area contributed by atoms with Crippen molar-refractivity contribution in [3.63, 3.8) is 0 Å². The highest BCUT2D eigenvalue weighted by Crippen LogP contribution is 2.34. The highest BCUT2D eigenvalue weighted by molar-refractivity contribution is 7.97. The molecule has 1 aliphatic rings. The van der Waals surface area contributed by atoms with Gasteiger partial charge in [-0.2, -0.15) is 0 Å². The third kappa shape index (κ3) is 1.81. The van der Waals surface area contributed by atoms with Gasteiger partial charge in [0.1, 0.15) is 4.91 Å². The molecule has 0 unspecified atom stereocenters. The minimum absolute atomic E-state index is 0.0992. The van der Waals surface area contributed by atoms with Crippen LogP contribution in [0.25, 0.3) is 6.08 Å². The van der Waals surface area contributed by atoms with E-state index < -0.39 is 15.6 Å². The SMILES string of the molecule is O=C1/C(=C/c2ccccc2)S(=O)(=O)c2ccccc21. The zero-order valence-electron chi connectivity index (χ0n) is 9.91. The lowest BCUT2D eigenvalue weighted by Gasteiger charge is -1.97. The average molecular weight is 270 g/mol. The number of hydrogen-bond acceptors (Lipinski definition) is 3. The van der Waals surface area contributed by atoms with E-state index in [0.717, 1.165) is 0 Å². The van der Waals surface area contributed by atoms with Crippen molar-refractivity contribution < 1.29 is 13.2 Å². The van der Waals surface area contributed by atoms with Crippen molar-refractivity contribution in [2.75, 3.05) is 0 Å². The molecule has 94 valence electrons. The van der Waals surface area contributed by atoms with Gasteiger partial charge in [0.25, 0.3) is 0 Å². The van der Waals surface area contributed by atoms with Gasteiger partial charge in [-0.05, 0) is 23.8 Å². The quantitative estimate of drug-likeness (QED) is 0.749. The highest BCUT2D eigenvalue weighted by atomic mass is 32.2. The summed E-state index contributed by atoms with van der Waals surface area (Å²) in [6.07, 6.45) is 1.43. The zero-order chi connectivity index (χ0) is 13.5. The summed E-state index contributed by atoms with van der Waals surface area (Å²) in [5.41, 5.74) is 0.951. The monoisotopic (exact) mass is 270 g/mol. The molecule has 1 aliphatic heterocycles. The van der Waals surface area contributed by atoms with Crippen LogP contribution in [0.1, 0.15) is 15.9 Å². The maximum Gasteiger partial charge on any atom is 0.211 e. The number of hydrogen-bond donors (Lipinski definition) is 0. The summed E-state index contributed by atoms with van der Waals surface area (Å²) in [5.74, 6) is -0.431. The summed E-state index contributed by atoms with van der Waals surface area (Å²) in [4.78, 5) is 12.1. The Labute approximate surface area is 111 Å². The lowest BCUT2D eigenvalue weighted by Crippen LogP contribution is -2.01. The molecule has 3 rings (SSSR count). The Morgan fingerprint density at radius 3 is 2.16 bits per heavy atom. The lowest BCUT2D eigenvalue weighted by atomic mass is 10.1. The molecule has 4 heteroatoms. The van der Waals surface area contributed by atoms with Gasteiger partial charge in [0.2, 0.25) is 15.6 Å². The Kier molecular flexibility index (Phi) is 2.61. The molecular weight excluding hydrogens is 260 g/mol. The number of carbonyl (C=O) groups excluding carboxylic acids is 1. The molecular formula is C15H10O3S. The van der Waals surface area contributed by atoms with E-state index >= 15 is 0 Å². The molecule has 1 heterocycles. The van der Waals surface area contributed by atoms with Crippen LogP contribution in [0.2, 0.25) is 0 Å². The molecule has 0 aliphatic carbocycles. The van der Waals surface area contributed by atoms with Crippen LogP contribution in [0.4, 0.5) is 0 Å². The van der Waals surface area contributed by atoms with Crippen molar-refractivity contribution in [1.82, 2.24) is 0 Å². The van der Waals surface area contributed by atoms with Crippen LogP contribution in [0, 0.1) is 0 Å². The normalized spacial score (nSPS) is 18.5. The van der Waals surface area contributed by atoms with Crippen molar-refractivity contribution in [1.29, 1.82) is 0 Å². The summed E-state index contributed by atoms with van der Waals surface area (Å²) >= 11 is 0. The topological polar surface area (TPSA) is 51.2 Å². The van der Waals surface area contributed by atoms with Gasteiger partial charge in [-0.15, -0.1) is 0 Å². The average Bonchev–Trinajstić information content (AvgIpc) is 2.62. The van der Waals surface area contributed by atoms with E-state index in [4.69, 9.17) is 0 Å². The third-order valence-electron chi connectivity index (χ3n) is 3.03. The number of benzene rings is 2. The molecule has 19 heavy (non-hydrogen) atoms. The Hall–Kier alpha value is -2.20. The standard InChI is InChI=1S/C15H10O3S/c16-15-12-8-4-5-9-13(12)19(17,18)14(15)10-11-6-2-1-3-7-11/h1-10H/b14-10-. The Bertz CT molecular complexity index is 787. The third-order valence-corrected chi connectivity index (χ3v) is 4.85. The van der Waals surface area contributed by atoms with E-state index in [0.29, 0.717) is 5.56 Å². The van der Waals surface area contributed by atoms with Crippen LogP contribution in [0.15, 0.2) is 64.4 Å². The maximum atomic E-state index is 12.3. The van der Waals surface area contributed by atoms with Crippen LogP contribution in [0.3, 0.4) is 0 Å². The van der Waals surface area contributed by atoms with Crippen molar-refractivity contribution in [3.05, 3.63) is 70.6 Å². The molecule has 0 aromatic heterocycles. The first-order chi connectivity index (χ1) is 9.10. The fourth-order valence-corrected chi connectivity index (χ4v) is 3.70. The van der Waals surface area contributed by atoms with Gasteiger partial charge >= 0.3 is 0 Å². The summed E-state index contributed by atoms with van der Waals surface area (Å²) < 4.78 is 24.6. The van der Waals surface area contributed by atoms with E-state index in [1.165, 1.54) is 12.1 Å². The number of fused-ring (bicyclic) bond motifs is 1. The van der Waals surface area contributed by atoms with E-state index in [2.05, 4.69) is 0 Å². The maximum absolute atomic E-state index is 12.3. The number of carbonyl (C=O) groups is 1. The van der Waals surface area contributed by atoms with Crippen LogP contribution in [-0.4, -0.2) is 14.2 Å². The van der Waals surface area contributed by atoms with Gasteiger partial charge in [-0.25, -0.2) is 8.42 Å². The van der Waals surface area contributed by atoms with E-state index in [9.17, 15) is 13.2 Å². The van der Waals surface area contributed by atoms with Gasteiger partial charge in [0.15, 0.2) is 0 Å². The fourth-order valence-electron chi connectivity index (χ4n) is 2.11. The second kappa shape index (κ2) is 4.17. The molecule has 0 bridgehead atoms. The Morgan fingerprint density at radius 1 is 0.842 bits per heavy atom. The summed E-state index contributed by atoms with van der Waals surface area (Å²) in [7, 11) is -3.68. The van der Waals surface area contributed by atoms with Crippen molar-refractivity contribution in [3.8, 4) is 0 Å². The number of Topliss-reactive ketones (excluding diaryl/α,β-unsaturated/α-hetero) is 1. The molecule has 2 aromatic rings. The molecule has 0 N–H and O–H groups in total. The minimum atomic E-state index is -3.68. The second-order valence-corrected chi connectivity index (χ2v) is 6.13. The van der Waals surface area contributed by atoms with Crippen LogP contribution in [0.5, 0.6) is 0 Å². The van der Waals surface area contributed by atoms with E-state index in [1.54, 1.807) is 42.5 Å². The van der Waals surface area contributed by atoms with E-state index in [1.807, 2.05) is 6.07 Å². The lowest BCUT2D eigenvalue weighted by molar-refractivity contribution is 0.104. The fraction of sp³-hybridized carbons (Fsp3) is 0. The number of rotatable bonds is 1. The summed E-state index contributed by atoms with van der Waals surface area (Å²) in [6.45, 7) is 0. The predicted molar refractivity (Wildman–Crippen MR) is 72.4 cm³/mol. The molecule has 0 saturated carbocycles. The van der Waals surface area contributed by atoms with Gasteiger partial charge in [-0.3, -0.25) is 4.79 Å². The Morgan fingerprint density at radius 2 is 1.47 bits per heavy atom. The molecule has 0 amide bonds. The molecule has 0 saturated heterocycles. The predicted octanol–water partition coefficient (Wildman–Crippen LogP) is 2.70.